The average Bonchev–Trinajstić information content (AvgIpc) is 2.26. The van der Waals surface area contributed by atoms with Crippen LogP contribution in [0.1, 0.15) is 40.0 Å². The Labute approximate surface area is 94.5 Å². The number of nitriles is 1. The lowest BCUT2D eigenvalue weighted by molar-refractivity contribution is 0.248. The minimum atomic E-state index is -0.375. The molecule has 0 aromatic carbocycles. The highest BCUT2D eigenvalue weighted by atomic mass is 15.1. The third kappa shape index (κ3) is 5.76. The van der Waals surface area contributed by atoms with Crippen LogP contribution in [0.15, 0.2) is 0 Å². The molecule has 0 aromatic rings. The first-order valence-corrected chi connectivity index (χ1v) is 5.94. The highest BCUT2D eigenvalue weighted by Gasteiger charge is 2.21. The molecule has 1 N–H and O–H groups in total. The molecular weight excluding hydrogens is 186 g/mol. The minimum absolute atomic E-state index is 0.375. The van der Waals surface area contributed by atoms with E-state index < -0.39 is 0 Å². The lowest BCUT2D eigenvalue weighted by atomic mass is 10.00. The van der Waals surface area contributed by atoms with E-state index >= 15 is 0 Å². The average molecular weight is 211 g/mol. The summed E-state index contributed by atoms with van der Waals surface area (Å²) in [4.78, 5) is 2.44. The van der Waals surface area contributed by atoms with Gasteiger partial charge in [-0.25, -0.2) is 0 Å². The molecule has 0 rings (SSSR count). The first-order valence-electron chi connectivity index (χ1n) is 5.94. The molecule has 0 radical (unpaired) electrons. The van der Waals surface area contributed by atoms with Crippen molar-refractivity contribution in [1.29, 1.82) is 5.26 Å². The van der Waals surface area contributed by atoms with Gasteiger partial charge in [-0.15, -0.1) is 0 Å². The molecule has 0 bridgehead atoms. The Bertz CT molecular complexity index is 192. The molecule has 88 valence electrons. The fourth-order valence-electron chi connectivity index (χ4n) is 1.59. The largest absolute Gasteiger partial charge is 0.303 e. The van der Waals surface area contributed by atoms with Crippen molar-refractivity contribution in [3.05, 3.63) is 0 Å². The van der Waals surface area contributed by atoms with Gasteiger partial charge in [0.15, 0.2) is 0 Å². The Morgan fingerprint density at radius 1 is 1.20 bits per heavy atom. The van der Waals surface area contributed by atoms with Crippen LogP contribution in [0.2, 0.25) is 0 Å². The van der Waals surface area contributed by atoms with E-state index in [1.54, 1.807) is 0 Å². The van der Waals surface area contributed by atoms with Gasteiger partial charge in [0.2, 0.25) is 0 Å². The molecule has 3 nitrogen and oxygen atoms in total. The van der Waals surface area contributed by atoms with Gasteiger partial charge in [-0.2, -0.15) is 5.26 Å². The van der Waals surface area contributed by atoms with Crippen LogP contribution < -0.4 is 5.32 Å². The molecule has 0 aliphatic carbocycles. The van der Waals surface area contributed by atoms with E-state index in [9.17, 15) is 0 Å². The van der Waals surface area contributed by atoms with Gasteiger partial charge < -0.3 is 10.2 Å². The van der Waals surface area contributed by atoms with Crippen LogP contribution in [0.3, 0.4) is 0 Å². The number of hydrogen-bond donors (Lipinski definition) is 1. The van der Waals surface area contributed by atoms with Crippen LogP contribution in [0, 0.1) is 11.3 Å². The summed E-state index contributed by atoms with van der Waals surface area (Å²) in [6.07, 6.45) is 3.26. The summed E-state index contributed by atoms with van der Waals surface area (Å²) < 4.78 is 0. The third-order valence-electron chi connectivity index (χ3n) is 2.81. The van der Waals surface area contributed by atoms with Gasteiger partial charge in [0.25, 0.3) is 0 Å². The first-order chi connectivity index (χ1) is 7.11. The zero-order valence-electron chi connectivity index (χ0n) is 10.6. The standard InChI is InChI=1S/C12H25N3/c1-5-8-15(9-6-2)10-7-12(3,11-13)14-4/h14H,5-10H2,1-4H3. The van der Waals surface area contributed by atoms with Crippen molar-refractivity contribution >= 4 is 0 Å². The van der Waals surface area contributed by atoms with Crippen molar-refractivity contribution in [2.45, 2.75) is 45.6 Å². The highest BCUT2D eigenvalue weighted by Crippen LogP contribution is 2.09. The van der Waals surface area contributed by atoms with E-state index in [4.69, 9.17) is 5.26 Å². The van der Waals surface area contributed by atoms with Gasteiger partial charge in [0.05, 0.1) is 6.07 Å². The summed E-state index contributed by atoms with van der Waals surface area (Å²) in [5.74, 6) is 0. The summed E-state index contributed by atoms with van der Waals surface area (Å²) >= 11 is 0. The summed E-state index contributed by atoms with van der Waals surface area (Å²) in [5.41, 5.74) is -0.375. The molecule has 0 saturated carbocycles. The third-order valence-corrected chi connectivity index (χ3v) is 2.81. The molecule has 1 atom stereocenters. The molecule has 3 heteroatoms. The molecule has 0 saturated heterocycles. The number of nitrogens with zero attached hydrogens (tertiary/aromatic N) is 2. The summed E-state index contributed by atoms with van der Waals surface area (Å²) in [5, 5.41) is 12.1. The second kappa shape index (κ2) is 7.67. The van der Waals surface area contributed by atoms with Gasteiger partial charge in [0, 0.05) is 6.54 Å². The smallest absolute Gasteiger partial charge is 0.104 e. The molecule has 0 fully saturated rings. The van der Waals surface area contributed by atoms with Crippen LogP contribution >= 0.6 is 0 Å². The van der Waals surface area contributed by atoms with Crippen molar-refractivity contribution < 1.29 is 0 Å². The molecule has 0 aliphatic heterocycles. The van der Waals surface area contributed by atoms with E-state index in [1.165, 1.54) is 12.8 Å². The van der Waals surface area contributed by atoms with Crippen LogP contribution in [-0.4, -0.2) is 37.1 Å². The monoisotopic (exact) mass is 211 g/mol. The topological polar surface area (TPSA) is 39.1 Å². The zero-order chi connectivity index (χ0) is 11.7. The molecular formula is C12H25N3. The fraction of sp³-hybridized carbons (Fsp3) is 0.917. The number of nitrogens with one attached hydrogen (secondary N) is 1. The lowest BCUT2D eigenvalue weighted by Crippen LogP contribution is -2.42. The van der Waals surface area contributed by atoms with Gasteiger partial charge in [0.1, 0.15) is 5.54 Å². The van der Waals surface area contributed by atoms with Crippen LogP contribution in [0.4, 0.5) is 0 Å². The summed E-state index contributed by atoms with van der Waals surface area (Å²) in [6.45, 7) is 9.64. The molecule has 0 aliphatic rings. The predicted molar refractivity (Wildman–Crippen MR) is 64.7 cm³/mol. The molecule has 0 aromatic heterocycles. The summed E-state index contributed by atoms with van der Waals surface area (Å²) in [6, 6.07) is 2.33. The summed E-state index contributed by atoms with van der Waals surface area (Å²) in [7, 11) is 1.85. The maximum absolute atomic E-state index is 9.03. The van der Waals surface area contributed by atoms with Crippen molar-refractivity contribution in [2.75, 3.05) is 26.7 Å². The number of rotatable bonds is 8. The highest BCUT2D eigenvalue weighted by molar-refractivity contribution is 5.03. The van der Waals surface area contributed by atoms with E-state index in [0.717, 1.165) is 26.1 Å². The Morgan fingerprint density at radius 3 is 2.07 bits per heavy atom. The molecule has 0 heterocycles. The maximum Gasteiger partial charge on any atom is 0.104 e. The van der Waals surface area contributed by atoms with E-state index in [1.807, 2.05) is 14.0 Å². The number of hydrogen-bond acceptors (Lipinski definition) is 3. The SMILES string of the molecule is CCCN(CCC)CCC(C)(C#N)NC. The van der Waals surface area contributed by atoms with Gasteiger partial charge in [-0.3, -0.25) is 0 Å². The van der Waals surface area contributed by atoms with Gasteiger partial charge in [-0.1, -0.05) is 13.8 Å². The molecule has 0 amide bonds. The van der Waals surface area contributed by atoms with Crippen molar-refractivity contribution in [1.82, 2.24) is 10.2 Å². The minimum Gasteiger partial charge on any atom is -0.303 e. The fourth-order valence-corrected chi connectivity index (χ4v) is 1.59. The molecule has 15 heavy (non-hydrogen) atoms. The van der Waals surface area contributed by atoms with Crippen molar-refractivity contribution in [3.63, 3.8) is 0 Å². The van der Waals surface area contributed by atoms with Gasteiger partial charge >= 0.3 is 0 Å². The second-order valence-corrected chi connectivity index (χ2v) is 4.29. The van der Waals surface area contributed by atoms with Crippen LogP contribution in [0.5, 0.6) is 0 Å². The molecule has 0 spiro atoms. The second-order valence-electron chi connectivity index (χ2n) is 4.29. The van der Waals surface area contributed by atoms with E-state index in [-0.39, 0.29) is 5.54 Å². The van der Waals surface area contributed by atoms with Crippen LogP contribution in [0.25, 0.3) is 0 Å². The Hall–Kier alpha value is -0.590. The van der Waals surface area contributed by atoms with E-state index in [0.29, 0.717) is 0 Å². The quantitative estimate of drug-likeness (QED) is 0.667. The van der Waals surface area contributed by atoms with Crippen molar-refractivity contribution in [2.24, 2.45) is 0 Å². The predicted octanol–water partition coefficient (Wildman–Crippen LogP) is 2.00. The van der Waals surface area contributed by atoms with Crippen molar-refractivity contribution in [3.8, 4) is 6.07 Å². The van der Waals surface area contributed by atoms with Gasteiger partial charge in [-0.05, 0) is 46.3 Å². The van der Waals surface area contributed by atoms with E-state index in [2.05, 4.69) is 30.1 Å². The van der Waals surface area contributed by atoms with Crippen LogP contribution in [-0.2, 0) is 0 Å². The Morgan fingerprint density at radius 2 is 1.73 bits per heavy atom. The maximum atomic E-state index is 9.03. The lowest BCUT2D eigenvalue weighted by Gasteiger charge is -2.26. The Balaban J connectivity index is 4.02. The Kier molecular flexibility index (Phi) is 7.37. The molecule has 1 unspecified atom stereocenters. The zero-order valence-corrected chi connectivity index (χ0v) is 10.6. The first kappa shape index (κ1) is 14.4. The normalized spacial score (nSPS) is 14.9.